The summed E-state index contributed by atoms with van der Waals surface area (Å²) in [6, 6.07) is 8.46. The van der Waals surface area contributed by atoms with Crippen molar-refractivity contribution < 1.29 is 9.21 Å². The Morgan fingerprint density at radius 2 is 2.20 bits per heavy atom. The summed E-state index contributed by atoms with van der Waals surface area (Å²) in [4.78, 5) is 23.9. The van der Waals surface area contributed by atoms with Gasteiger partial charge in [-0.3, -0.25) is 4.79 Å². The van der Waals surface area contributed by atoms with Gasteiger partial charge in [0, 0.05) is 17.8 Å². The highest BCUT2D eigenvalue weighted by molar-refractivity contribution is 5.96. The molecule has 1 aromatic carbocycles. The van der Waals surface area contributed by atoms with E-state index in [1.165, 1.54) is 0 Å². The minimum Gasteiger partial charge on any atom is -0.422 e. The second-order valence-corrected chi connectivity index (χ2v) is 4.47. The van der Waals surface area contributed by atoms with Crippen molar-refractivity contribution in [1.82, 2.24) is 5.32 Å². The number of para-hydroxylation sites is 1. The molecule has 0 aliphatic carbocycles. The lowest BCUT2D eigenvalue weighted by molar-refractivity contribution is 0.0933. The molecule has 2 aromatic rings. The standard InChI is InChI=1S/C16H15NO3/c1-3-7-12(4-2)17-15(18)13-10-11-8-5-6-9-14(11)20-16(13)19/h1,5-6,8-10,12H,4,7H2,2H3,(H,17,18). The van der Waals surface area contributed by atoms with Crippen molar-refractivity contribution in [2.75, 3.05) is 0 Å². The van der Waals surface area contributed by atoms with Crippen LogP contribution in [-0.4, -0.2) is 11.9 Å². The van der Waals surface area contributed by atoms with Crippen molar-refractivity contribution in [1.29, 1.82) is 0 Å². The lowest BCUT2D eigenvalue weighted by atomic mass is 10.1. The fourth-order valence-electron chi connectivity index (χ4n) is 1.92. The number of terminal acetylenes is 1. The van der Waals surface area contributed by atoms with Crippen LogP contribution in [0.15, 0.2) is 39.5 Å². The summed E-state index contributed by atoms with van der Waals surface area (Å²) in [5.74, 6) is 2.05. The summed E-state index contributed by atoms with van der Waals surface area (Å²) in [5.41, 5.74) is -0.180. The molecule has 0 bridgehead atoms. The highest BCUT2D eigenvalue weighted by atomic mass is 16.4. The Bertz CT molecular complexity index is 724. The summed E-state index contributed by atoms with van der Waals surface area (Å²) >= 11 is 0. The lowest BCUT2D eigenvalue weighted by Gasteiger charge is -2.13. The number of rotatable bonds is 4. The molecule has 1 heterocycles. The van der Waals surface area contributed by atoms with E-state index >= 15 is 0 Å². The number of carbonyl (C=O) groups is 1. The predicted molar refractivity (Wildman–Crippen MR) is 77.5 cm³/mol. The molecule has 0 saturated heterocycles. The van der Waals surface area contributed by atoms with E-state index in [1.54, 1.807) is 24.3 Å². The van der Waals surface area contributed by atoms with Gasteiger partial charge in [0.25, 0.3) is 5.91 Å². The molecule has 1 unspecified atom stereocenters. The summed E-state index contributed by atoms with van der Waals surface area (Å²) in [6.45, 7) is 1.92. The average molecular weight is 269 g/mol. The number of amides is 1. The molecule has 20 heavy (non-hydrogen) atoms. The van der Waals surface area contributed by atoms with Gasteiger partial charge in [0.1, 0.15) is 11.1 Å². The van der Waals surface area contributed by atoms with Crippen LogP contribution in [0, 0.1) is 12.3 Å². The Morgan fingerprint density at radius 3 is 2.90 bits per heavy atom. The summed E-state index contributed by atoms with van der Waals surface area (Å²) in [7, 11) is 0. The number of nitrogens with one attached hydrogen (secondary N) is 1. The average Bonchev–Trinajstić information content (AvgIpc) is 2.45. The number of hydrogen-bond donors (Lipinski definition) is 1. The van der Waals surface area contributed by atoms with Gasteiger partial charge in [-0.15, -0.1) is 12.3 Å². The minimum atomic E-state index is -0.642. The largest absolute Gasteiger partial charge is 0.422 e. The van der Waals surface area contributed by atoms with Crippen LogP contribution in [0.2, 0.25) is 0 Å². The molecule has 0 spiro atoms. The molecule has 1 atom stereocenters. The summed E-state index contributed by atoms with van der Waals surface area (Å²) in [5, 5.41) is 3.46. The van der Waals surface area contributed by atoms with Crippen molar-refractivity contribution in [2.45, 2.75) is 25.8 Å². The van der Waals surface area contributed by atoms with Gasteiger partial charge in [0.2, 0.25) is 0 Å². The van der Waals surface area contributed by atoms with Gasteiger partial charge in [-0.1, -0.05) is 25.1 Å². The van der Waals surface area contributed by atoms with Gasteiger partial charge < -0.3 is 9.73 Å². The molecule has 4 nitrogen and oxygen atoms in total. The third-order valence-corrected chi connectivity index (χ3v) is 3.08. The Kier molecular flexibility index (Phi) is 4.21. The van der Waals surface area contributed by atoms with Crippen molar-refractivity contribution in [2.24, 2.45) is 0 Å². The lowest BCUT2D eigenvalue weighted by Crippen LogP contribution is -2.36. The van der Waals surface area contributed by atoms with Crippen LogP contribution in [-0.2, 0) is 0 Å². The first-order chi connectivity index (χ1) is 9.65. The maximum atomic E-state index is 12.1. The second kappa shape index (κ2) is 6.07. The molecule has 0 radical (unpaired) electrons. The zero-order chi connectivity index (χ0) is 14.5. The third-order valence-electron chi connectivity index (χ3n) is 3.08. The van der Waals surface area contributed by atoms with E-state index in [0.717, 1.165) is 0 Å². The van der Waals surface area contributed by atoms with Crippen LogP contribution in [0.4, 0.5) is 0 Å². The molecule has 1 aromatic heterocycles. The number of fused-ring (bicyclic) bond motifs is 1. The van der Waals surface area contributed by atoms with E-state index in [9.17, 15) is 9.59 Å². The fraction of sp³-hybridized carbons (Fsp3) is 0.250. The molecule has 102 valence electrons. The van der Waals surface area contributed by atoms with Crippen LogP contribution in [0.1, 0.15) is 30.1 Å². The van der Waals surface area contributed by atoms with E-state index in [-0.39, 0.29) is 11.6 Å². The quantitative estimate of drug-likeness (QED) is 0.684. The zero-order valence-corrected chi connectivity index (χ0v) is 11.2. The zero-order valence-electron chi connectivity index (χ0n) is 11.2. The monoisotopic (exact) mass is 269 g/mol. The maximum absolute atomic E-state index is 12.1. The molecule has 4 heteroatoms. The second-order valence-electron chi connectivity index (χ2n) is 4.47. The molecule has 0 aliphatic heterocycles. The number of carbonyl (C=O) groups excluding carboxylic acids is 1. The number of benzene rings is 1. The molecule has 0 saturated carbocycles. The first kappa shape index (κ1) is 13.9. The van der Waals surface area contributed by atoms with E-state index in [1.807, 2.05) is 13.0 Å². The third kappa shape index (κ3) is 2.89. The van der Waals surface area contributed by atoms with Crippen LogP contribution < -0.4 is 10.9 Å². The van der Waals surface area contributed by atoms with Crippen molar-refractivity contribution >= 4 is 16.9 Å². The predicted octanol–water partition coefficient (Wildman–Crippen LogP) is 2.32. The highest BCUT2D eigenvalue weighted by Gasteiger charge is 2.16. The van der Waals surface area contributed by atoms with Gasteiger partial charge in [0.15, 0.2) is 0 Å². The molecule has 0 fully saturated rings. The molecule has 1 N–H and O–H groups in total. The Labute approximate surface area is 116 Å². The van der Waals surface area contributed by atoms with Gasteiger partial charge in [-0.25, -0.2) is 4.79 Å². The Hall–Kier alpha value is -2.54. The van der Waals surface area contributed by atoms with Gasteiger partial charge in [-0.2, -0.15) is 0 Å². The first-order valence-corrected chi connectivity index (χ1v) is 6.43. The van der Waals surface area contributed by atoms with E-state index < -0.39 is 11.5 Å². The number of hydrogen-bond acceptors (Lipinski definition) is 3. The smallest absolute Gasteiger partial charge is 0.349 e. The topological polar surface area (TPSA) is 59.3 Å². The highest BCUT2D eigenvalue weighted by Crippen LogP contribution is 2.12. The van der Waals surface area contributed by atoms with E-state index in [4.69, 9.17) is 10.8 Å². The van der Waals surface area contributed by atoms with Crippen LogP contribution in [0.25, 0.3) is 11.0 Å². The van der Waals surface area contributed by atoms with Crippen molar-refractivity contribution in [3.8, 4) is 12.3 Å². The molecule has 2 rings (SSSR count). The van der Waals surface area contributed by atoms with Gasteiger partial charge in [-0.05, 0) is 18.6 Å². The van der Waals surface area contributed by atoms with E-state index in [0.29, 0.717) is 23.8 Å². The maximum Gasteiger partial charge on any atom is 0.349 e. The normalized spacial score (nSPS) is 11.8. The van der Waals surface area contributed by atoms with Crippen LogP contribution in [0.3, 0.4) is 0 Å². The SMILES string of the molecule is C#CCC(CC)NC(=O)c1cc2ccccc2oc1=O. The molecule has 0 aliphatic rings. The van der Waals surface area contributed by atoms with Crippen LogP contribution >= 0.6 is 0 Å². The van der Waals surface area contributed by atoms with E-state index in [2.05, 4.69) is 11.2 Å². The molecular formula is C16H15NO3. The van der Waals surface area contributed by atoms with Crippen molar-refractivity contribution in [3.05, 3.63) is 46.3 Å². The minimum absolute atomic E-state index is 0.000767. The first-order valence-electron chi connectivity index (χ1n) is 6.43. The molecule has 1 amide bonds. The summed E-state index contributed by atoms with van der Waals surface area (Å²) in [6.07, 6.45) is 6.38. The Morgan fingerprint density at radius 1 is 1.45 bits per heavy atom. The van der Waals surface area contributed by atoms with Gasteiger partial charge >= 0.3 is 5.63 Å². The van der Waals surface area contributed by atoms with Crippen molar-refractivity contribution in [3.63, 3.8) is 0 Å². The summed E-state index contributed by atoms with van der Waals surface area (Å²) < 4.78 is 5.13. The fourth-order valence-corrected chi connectivity index (χ4v) is 1.92. The Balaban J connectivity index is 2.32. The van der Waals surface area contributed by atoms with Crippen LogP contribution in [0.5, 0.6) is 0 Å². The van der Waals surface area contributed by atoms with Gasteiger partial charge in [0.05, 0.1) is 0 Å². The molecular weight excluding hydrogens is 254 g/mol.